The lowest BCUT2D eigenvalue weighted by atomic mass is 9.90. The molecule has 1 aliphatic rings. The average molecular weight is 293 g/mol. The lowest BCUT2D eigenvalue weighted by molar-refractivity contribution is 0.0904. The molecule has 0 saturated heterocycles. The Morgan fingerprint density at radius 3 is 1.95 bits per heavy atom. The molecular formula is C17H40O3. The van der Waals surface area contributed by atoms with Gasteiger partial charge in [-0.05, 0) is 31.1 Å². The van der Waals surface area contributed by atoms with Gasteiger partial charge in [0.2, 0.25) is 0 Å². The van der Waals surface area contributed by atoms with Crippen LogP contribution in [0.5, 0.6) is 0 Å². The number of unbranched alkanes of at least 4 members (excludes halogenated alkanes) is 4. The Morgan fingerprint density at radius 1 is 0.900 bits per heavy atom. The summed E-state index contributed by atoms with van der Waals surface area (Å²) >= 11 is 0. The molecule has 4 N–H and O–H groups in total. The summed E-state index contributed by atoms with van der Waals surface area (Å²) in [6.07, 6.45) is 9.31. The monoisotopic (exact) mass is 292 g/mol. The van der Waals surface area contributed by atoms with Gasteiger partial charge >= 0.3 is 0 Å². The minimum Gasteiger partial charge on any atom is -0.412 e. The summed E-state index contributed by atoms with van der Waals surface area (Å²) < 4.78 is 0. The molecule has 1 fully saturated rings. The van der Waals surface area contributed by atoms with Gasteiger partial charge in [0.15, 0.2) is 0 Å². The maximum absolute atomic E-state index is 9.78. The molecule has 0 amide bonds. The van der Waals surface area contributed by atoms with E-state index in [2.05, 4.69) is 6.92 Å². The number of rotatable bonds is 7. The van der Waals surface area contributed by atoms with Gasteiger partial charge in [-0.25, -0.2) is 0 Å². The van der Waals surface area contributed by atoms with Gasteiger partial charge in [-0.3, -0.25) is 0 Å². The Bertz CT molecular complexity index is 162. The van der Waals surface area contributed by atoms with Gasteiger partial charge in [0, 0.05) is 6.61 Å². The minimum atomic E-state index is -0.145. The molecule has 0 heterocycles. The van der Waals surface area contributed by atoms with Crippen molar-refractivity contribution in [3.8, 4) is 0 Å². The van der Waals surface area contributed by atoms with E-state index in [0.717, 1.165) is 19.3 Å². The second-order valence-corrected chi connectivity index (χ2v) is 4.95. The predicted molar refractivity (Wildman–Crippen MR) is 89.0 cm³/mol. The number of aliphatic hydroxyl groups excluding tert-OH is 2. The summed E-state index contributed by atoms with van der Waals surface area (Å²) in [4.78, 5) is 0. The number of hydrogen-bond acceptors (Lipinski definition) is 2. The molecule has 1 saturated carbocycles. The van der Waals surface area contributed by atoms with Crippen LogP contribution in [0.3, 0.4) is 0 Å². The molecule has 20 heavy (non-hydrogen) atoms. The van der Waals surface area contributed by atoms with Gasteiger partial charge < -0.3 is 15.7 Å². The largest absolute Gasteiger partial charge is 0.412 e. The van der Waals surface area contributed by atoms with E-state index >= 15 is 0 Å². The highest BCUT2D eigenvalue weighted by atomic mass is 16.3. The zero-order valence-corrected chi connectivity index (χ0v) is 14.5. The second kappa shape index (κ2) is 18.9. The van der Waals surface area contributed by atoms with Gasteiger partial charge in [-0.2, -0.15) is 0 Å². The van der Waals surface area contributed by atoms with Gasteiger partial charge in [-0.1, -0.05) is 66.7 Å². The lowest BCUT2D eigenvalue weighted by Gasteiger charge is -2.20. The van der Waals surface area contributed by atoms with Crippen LogP contribution in [0.25, 0.3) is 0 Å². The fourth-order valence-electron chi connectivity index (χ4n) is 2.77. The van der Waals surface area contributed by atoms with Crippen molar-refractivity contribution in [3.05, 3.63) is 0 Å². The van der Waals surface area contributed by atoms with Gasteiger partial charge in [0.25, 0.3) is 0 Å². The van der Waals surface area contributed by atoms with Crippen LogP contribution >= 0.6 is 0 Å². The molecule has 1 rings (SSSR count). The van der Waals surface area contributed by atoms with Gasteiger partial charge in [-0.15, -0.1) is 0 Å². The number of hydrogen-bond donors (Lipinski definition) is 2. The van der Waals surface area contributed by atoms with Crippen molar-refractivity contribution in [1.29, 1.82) is 0 Å². The van der Waals surface area contributed by atoms with Crippen LogP contribution in [0.1, 0.15) is 86.0 Å². The van der Waals surface area contributed by atoms with E-state index in [0.29, 0.717) is 11.8 Å². The van der Waals surface area contributed by atoms with Gasteiger partial charge in [0.05, 0.1) is 6.10 Å². The van der Waals surface area contributed by atoms with Crippen molar-refractivity contribution in [3.63, 3.8) is 0 Å². The Hall–Kier alpha value is -0.120. The normalized spacial score (nSPS) is 23.9. The van der Waals surface area contributed by atoms with E-state index in [1.54, 1.807) is 0 Å². The molecule has 0 aliphatic heterocycles. The molecule has 0 aromatic rings. The molecule has 1 aliphatic carbocycles. The maximum Gasteiger partial charge on any atom is 0.0572 e. The Labute approximate surface area is 127 Å². The van der Waals surface area contributed by atoms with Crippen molar-refractivity contribution in [1.82, 2.24) is 0 Å². The second-order valence-electron chi connectivity index (χ2n) is 4.95. The first-order chi connectivity index (χ1) is 9.29. The molecule has 0 spiro atoms. The molecule has 126 valence electrons. The van der Waals surface area contributed by atoms with Crippen molar-refractivity contribution >= 4 is 0 Å². The smallest absolute Gasteiger partial charge is 0.0572 e. The quantitative estimate of drug-likeness (QED) is 0.697. The van der Waals surface area contributed by atoms with Crippen LogP contribution in [0.4, 0.5) is 0 Å². The van der Waals surface area contributed by atoms with Crippen LogP contribution in [-0.2, 0) is 0 Å². The van der Waals surface area contributed by atoms with Gasteiger partial charge in [0.1, 0.15) is 0 Å². The molecule has 3 atom stereocenters. The van der Waals surface area contributed by atoms with Crippen molar-refractivity contribution in [2.45, 2.75) is 92.1 Å². The highest BCUT2D eigenvalue weighted by molar-refractivity contribution is 4.84. The van der Waals surface area contributed by atoms with E-state index in [1.807, 2.05) is 27.7 Å². The van der Waals surface area contributed by atoms with E-state index < -0.39 is 0 Å². The molecule has 2 unspecified atom stereocenters. The summed E-state index contributed by atoms with van der Waals surface area (Å²) in [7, 11) is 0. The standard InChI is InChI=1S/C13H26O2.2C2H6.H2O/c1-2-3-4-5-6-7-12-11(10-14)8-9-13(12)15;2*1-2;/h11-15H,2-10H2,1H3;2*1-2H3;1H2/t11-,12?,13?;;;/m1.../s1. The topological polar surface area (TPSA) is 72.0 Å². The first-order valence-corrected chi connectivity index (χ1v) is 8.58. The van der Waals surface area contributed by atoms with Crippen LogP contribution < -0.4 is 0 Å². The highest BCUT2D eigenvalue weighted by Crippen LogP contribution is 2.35. The van der Waals surface area contributed by atoms with Crippen LogP contribution in [0.15, 0.2) is 0 Å². The zero-order chi connectivity index (χ0) is 15.1. The van der Waals surface area contributed by atoms with E-state index in [-0.39, 0.29) is 18.2 Å². The van der Waals surface area contributed by atoms with E-state index in [4.69, 9.17) is 0 Å². The van der Waals surface area contributed by atoms with Crippen LogP contribution in [-0.4, -0.2) is 28.4 Å². The third-order valence-electron chi connectivity index (χ3n) is 3.81. The summed E-state index contributed by atoms with van der Waals surface area (Å²) in [5, 5.41) is 19.0. The van der Waals surface area contributed by atoms with Crippen molar-refractivity contribution < 1.29 is 15.7 Å². The van der Waals surface area contributed by atoms with Crippen molar-refractivity contribution in [2.24, 2.45) is 11.8 Å². The molecule has 0 bridgehead atoms. The third kappa shape index (κ3) is 10.6. The third-order valence-corrected chi connectivity index (χ3v) is 3.81. The van der Waals surface area contributed by atoms with Crippen LogP contribution in [0.2, 0.25) is 0 Å². The molecular weight excluding hydrogens is 252 g/mol. The molecule has 0 aromatic heterocycles. The molecule has 3 nitrogen and oxygen atoms in total. The number of aliphatic hydroxyl groups is 2. The highest BCUT2D eigenvalue weighted by Gasteiger charge is 2.33. The van der Waals surface area contributed by atoms with Crippen LogP contribution in [0, 0.1) is 11.8 Å². The first kappa shape index (κ1) is 24.9. The summed E-state index contributed by atoms with van der Waals surface area (Å²) in [6, 6.07) is 0. The Balaban J connectivity index is -0.000000529. The van der Waals surface area contributed by atoms with Crippen molar-refractivity contribution in [2.75, 3.05) is 6.61 Å². The van der Waals surface area contributed by atoms with E-state index in [1.165, 1.54) is 32.1 Å². The minimum absolute atomic E-state index is 0. The fraction of sp³-hybridized carbons (Fsp3) is 1.00. The lowest BCUT2D eigenvalue weighted by Crippen LogP contribution is -2.21. The fourth-order valence-corrected chi connectivity index (χ4v) is 2.77. The Kier molecular flexibility index (Phi) is 23.5. The van der Waals surface area contributed by atoms with E-state index in [9.17, 15) is 10.2 Å². The SMILES string of the molecule is CC.CC.CCCCCCCC1C(O)CC[C@@H]1CO.O. The summed E-state index contributed by atoms with van der Waals surface area (Å²) in [5.41, 5.74) is 0. The Morgan fingerprint density at radius 2 is 1.45 bits per heavy atom. The molecule has 3 heteroatoms. The average Bonchev–Trinajstić information content (AvgIpc) is 2.84. The predicted octanol–water partition coefficient (Wildman–Crippen LogP) is 3.95. The molecule has 0 radical (unpaired) electrons. The molecule has 0 aromatic carbocycles. The maximum atomic E-state index is 9.78. The zero-order valence-electron chi connectivity index (χ0n) is 14.5. The first-order valence-electron chi connectivity index (χ1n) is 8.58. The summed E-state index contributed by atoms with van der Waals surface area (Å²) in [6.45, 7) is 10.5. The summed E-state index contributed by atoms with van der Waals surface area (Å²) in [5.74, 6) is 0.739.